The van der Waals surface area contributed by atoms with Crippen molar-refractivity contribution in [2.75, 3.05) is 12.4 Å². The standard InChI is InChI=1S/C24H27N3O4/c1-16-7-9-17(10-8-16)24-27-26-23(31-24)14-13-22(28)25-18-11-12-20(29-2)21(15-18)30-19-5-3-4-6-19/h7-12,15,19H,3-6,13-14H2,1-2H3,(H,25,28). The van der Waals surface area contributed by atoms with Gasteiger partial charge < -0.3 is 19.2 Å². The number of rotatable bonds is 8. The molecule has 162 valence electrons. The maximum atomic E-state index is 12.4. The van der Waals surface area contributed by atoms with Gasteiger partial charge in [-0.1, -0.05) is 17.7 Å². The van der Waals surface area contributed by atoms with Crippen LogP contribution in [0.2, 0.25) is 0 Å². The highest BCUT2D eigenvalue weighted by Crippen LogP contribution is 2.34. The number of benzene rings is 2. The molecule has 2 aromatic carbocycles. The van der Waals surface area contributed by atoms with Gasteiger partial charge in [0.1, 0.15) is 0 Å². The molecule has 0 bridgehead atoms. The first-order valence-corrected chi connectivity index (χ1v) is 10.6. The molecule has 0 unspecified atom stereocenters. The van der Waals surface area contributed by atoms with Crippen molar-refractivity contribution in [3.05, 3.63) is 53.9 Å². The summed E-state index contributed by atoms with van der Waals surface area (Å²) in [5, 5.41) is 11.0. The Morgan fingerprint density at radius 1 is 1.10 bits per heavy atom. The van der Waals surface area contributed by atoms with Crippen LogP contribution in [0.25, 0.3) is 11.5 Å². The number of nitrogens with zero attached hydrogens (tertiary/aromatic N) is 2. The summed E-state index contributed by atoms with van der Waals surface area (Å²) in [5.74, 6) is 2.09. The smallest absolute Gasteiger partial charge is 0.247 e. The van der Waals surface area contributed by atoms with E-state index in [1.54, 1.807) is 13.2 Å². The fraction of sp³-hybridized carbons (Fsp3) is 0.375. The van der Waals surface area contributed by atoms with E-state index >= 15 is 0 Å². The number of carbonyl (C=O) groups is 1. The summed E-state index contributed by atoms with van der Waals surface area (Å²) < 4.78 is 17.2. The van der Waals surface area contributed by atoms with E-state index in [4.69, 9.17) is 13.9 Å². The van der Waals surface area contributed by atoms with Crippen LogP contribution in [-0.2, 0) is 11.2 Å². The number of aromatic nitrogens is 2. The summed E-state index contributed by atoms with van der Waals surface area (Å²) in [6, 6.07) is 13.3. The van der Waals surface area contributed by atoms with Gasteiger partial charge in [0.2, 0.25) is 17.7 Å². The van der Waals surface area contributed by atoms with Gasteiger partial charge in [-0.2, -0.15) is 0 Å². The largest absolute Gasteiger partial charge is 0.493 e. The molecule has 1 aromatic heterocycles. The summed E-state index contributed by atoms with van der Waals surface area (Å²) in [6.45, 7) is 2.02. The van der Waals surface area contributed by atoms with E-state index in [0.29, 0.717) is 35.4 Å². The number of anilines is 1. The molecule has 1 amide bonds. The molecule has 0 atom stereocenters. The van der Waals surface area contributed by atoms with Crippen LogP contribution in [0, 0.1) is 6.92 Å². The molecule has 1 fully saturated rings. The van der Waals surface area contributed by atoms with Crippen molar-refractivity contribution >= 4 is 11.6 Å². The highest BCUT2D eigenvalue weighted by molar-refractivity contribution is 5.91. The molecule has 7 heteroatoms. The minimum Gasteiger partial charge on any atom is -0.493 e. The molecule has 3 aromatic rings. The fourth-order valence-corrected chi connectivity index (χ4v) is 3.64. The van der Waals surface area contributed by atoms with Crippen LogP contribution in [0.3, 0.4) is 0 Å². The zero-order valence-corrected chi connectivity index (χ0v) is 17.9. The van der Waals surface area contributed by atoms with Crippen molar-refractivity contribution in [2.24, 2.45) is 0 Å². The lowest BCUT2D eigenvalue weighted by atomic mass is 10.1. The summed E-state index contributed by atoms with van der Waals surface area (Å²) in [7, 11) is 1.62. The molecule has 4 rings (SSSR count). The Morgan fingerprint density at radius 3 is 2.61 bits per heavy atom. The Labute approximate surface area is 181 Å². The van der Waals surface area contributed by atoms with Crippen molar-refractivity contribution in [2.45, 2.75) is 51.6 Å². The fourth-order valence-electron chi connectivity index (χ4n) is 3.64. The molecule has 0 radical (unpaired) electrons. The third-order valence-corrected chi connectivity index (χ3v) is 5.37. The first-order valence-electron chi connectivity index (χ1n) is 10.6. The van der Waals surface area contributed by atoms with Crippen LogP contribution in [0.1, 0.15) is 43.6 Å². The number of hydrogen-bond donors (Lipinski definition) is 1. The average molecular weight is 421 g/mol. The molecule has 7 nitrogen and oxygen atoms in total. The Kier molecular flexibility index (Phi) is 6.50. The van der Waals surface area contributed by atoms with Crippen LogP contribution in [0.4, 0.5) is 5.69 Å². The molecule has 1 aliphatic carbocycles. The third-order valence-electron chi connectivity index (χ3n) is 5.37. The molecular weight excluding hydrogens is 394 g/mol. The van der Waals surface area contributed by atoms with Gasteiger partial charge >= 0.3 is 0 Å². The van der Waals surface area contributed by atoms with Crippen molar-refractivity contribution in [1.29, 1.82) is 0 Å². The van der Waals surface area contributed by atoms with Crippen LogP contribution in [-0.4, -0.2) is 29.3 Å². The van der Waals surface area contributed by atoms with Crippen molar-refractivity contribution < 1.29 is 18.7 Å². The number of hydrogen-bond acceptors (Lipinski definition) is 6. The molecule has 0 saturated heterocycles. The second kappa shape index (κ2) is 9.64. The van der Waals surface area contributed by atoms with E-state index in [9.17, 15) is 4.79 Å². The summed E-state index contributed by atoms with van der Waals surface area (Å²) in [4.78, 5) is 12.4. The summed E-state index contributed by atoms with van der Waals surface area (Å²) in [6.07, 6.45) is 5.28. The monoisotopic (exact) mass is 421 g/mol. The molecule has 0 spiro atoms. The molecular formula is C24H27N3O4. The molecule has 1 N–H and O–H groups in total. The second-order valence-corrected chi connectivity index (χ2v) is 7.81. The topological polar surface area (TPSA) is 86.5 Å². The van der Waals surface area contributed by atoms with Crippen LogP contribution < -0.4 is 14.8 Å². The summed E-state index contributed by atoms with van der Waals surface area (Å²) in [5.41, 5.74) is 2.70. The van der Waals surface area contributed by atoms with Crippen LogP contribution in [0.15, 0.2) is 46.9 Å². The van der Waals surface area contributed by atoms with Crippen molar-refractivity contribution in [3.63, 3.8) is 0 Å². The molecule has 1 aliphatic rings. The first-order chi connectivity index (χ1) is 15.1. The Morgan fingerprint density at radius 2 is 1.87 bits per heavy atom. The van der Waals surface area contributed by atoms with Gasteiger partial charge in [-0.15, -0.1) is 10.2 Å². The number of amides is 1. The lowest BCUT2D eigenvalue weighted by Gasteiger charge is -2.17. The van der Waals surface area contributed by atoms with Gasteiger partial charge in [0.25, 0.3) is 0 Å². The van der Waals surface area contributed by atoms with E-state index in [1.807, 2.05) is 43.3 Å². The van der Waals surface area contributed by atoms with Gasteiger partial charge in [-0.25, -0.2) is 0 Å². The number of ether oxygens (including phenoxy) is 2. The molecule has 0 aliphatic heterocycles. The van der Waals surface area contributed by atoms with E-state index in [0.717, 1.165) is 24.0 Å². The zero-order valence-electron chi connectivity index (χ0n) is 17.9. The minimum atomic E-state index is -0.132. The predicted molar refractivity (Wildman–Crippen MR) is 117 cm³/mol. The SMILES string of the molecule is COc1ccc(NC(=O)CCc2nnc(-c3ccc(C)cc3)o2)cc1OC1CCCC1. The molecule has 1 heterocycles. The Hall–Kier alpha value is -3.35. The van der Waals surface area contributed by atoms with Crippen molar-refractivity contribution in [1.82, 2.24) is 10.2 Å². The quantitative estimate of drug-likeness (QED) is 0.554. The number of nitrogens with one attached hydrogen (secondary N) is 1. The Balaban J connectivity index is 1.34. The van der Waals surface area contributed by atoms with Gasteiger partial charge in [-0.05, 0) is 56.9 Å². The molecule has 1 saturated carbocycles. The van der Waals surface area contributed by atoms with E-state index in [2.05, 4.69) is 15.5 Å². The average Bonchev–Trinajstić information content (AvgIpc) is 3.45. The minimum absolute atomic E-state index is 0.132. The van der Waals surface area contributed by atoms with Gasteiger partial charge in [0.05, 0.1) is 13.2 Å². The van der Waals surface area contributed by atoms with Crippen LogP contribution in [0.5, 0.6) is 11.5 Å². The lowest BCUT2D eigenvalue weighted by Crippen LogP contribution is -2.14. The highest BCUT2D eigenvalue weighted by atomic mass is 16.5. The number of aryl methyl sites for hydroxylation is 2. The number of carbonyl (C=O) groups excluding carboxylic acids is 1. The maximum Gasteiger partial charge on any atom is 0.247 e. The van der Waals surface area contributed by atoms with Gasteiger partial charge in [0.15, 0.2) is 11.5 Å². The predicted octanol–water partition coefficient (Wildman–Crippen LogP) is 4.95. The second-order valence-electron chi connectivity index (χ2n) is 7.81. The third kappa shape index (κ3) is 5.42. The maximum absolute atomic E-state index is 12.4. The van der Waals surface area contributed by atoms with E-state index in [1.165, 1.54) is 12.8 Å². The normalized spacial score (nSPS) is 13.9. The lowest BCUT2D eigenvalue weighted by molar-refractivity contribution is -0.116. The van der Waals surface area contributed by atoms with Gasteiger partial charge in [0, 0.05) is 30.2 Å². The van der Waals surface area contributed by atoms with Crippen LogP contribution >= 0.6 is 0 Å². The zero-order chi connectivity index (χ0) is 21.6. The van der Waals surface area contributed by atoms with E-state index in [-0.39, 0.29) is 18.4 Å². The van der Waals surface area contributed by atoms with Crippen molar-refractivity contribution in [3.8, 4) is 23.0 Å². The highest BCUT2D eigenvalue weighted by Gasteiger charge is 2.19. The van der Waals surface area contributed by atoms with Gasteiger partial charge in [-0.3, -0.25) is 4.79 Å². The summed E-state index contributed by atoms with van der Waals surface area (Å²) >= 11 is 0. The van der Waals surface area contributed by atoms with E-state index < -0.39 is 0 Å². The number of methoxy groups -OCH3 is 1. The first kappa shape index (κ1) is 20.9. The Bertz CT molecular complexity index is 1020. The molecule has 31 heavy (non-hydrogen) atoms.